The predicted octanol–water partition coefficient (Wildman–Crippen LogP) is 5.59. The van der Waals surface area contributed by atoms with Gasteiger partial charge < -0.3 is 14.4 Å². The van der Waals surface area contributed by atoms with Crippen molar-refractivity contribution in [3.63, 3.8) is 0 Å². The van der Waals surface area contributed by atoms with Crippen LogP contribution in [0, 0.1) is 13.8 Å². The molecule has 1 N–H and O–H groups in total. The maximum Gasteiger partial charge on any atom is 0.344 e. The number of carbonyl (C=O) groups is 1. The van der Waals surface area contributed by atoms with Crippen molar-refractivity contribution in [3.05, 3.63) is 87.7 Å². The van der Waals surface area contributed by atoms with Crippen LogP contribution in [0.4, 0.5) is 0 Å². The van der Waals surface area contributed by atoms with Crippen molar-refractivity contribution in [1.29, 1.82) is 0 Å². The zero-order valence-corrected chi connectivity index (χ0v) is 21.9. The number of hydrogen-bond donors (Lipinski definition) is 1. The van der Waals surface area contributed by atoms with Crippen LogP contribution in [0.1, 0.15) is 67.7 Å². The number of aliphatic carboxylic acids is 1. The minimum absolute atomic E-state index is 0.146. The first-order valence-electron chi connectivity index (χ1n) is 13.1. The summed E-state index contributed by atoms with van der Waals surface area (Å²) in [6.07, 6.45) is 6.34. The van der Waals surface area contributed by atoms with Gasteiger partial charge >= 0.3 is 5.97 Å². The molecular weight excluding hydrogens is 480 g/mol. The van der Waals surface area contributed by atoms with Crippen LogP contribution in [0.3, 0.4) is 0 Å². The summed E-state index contributed by atoms with van der Waals surface area (Å²) in [4.78, 5) is 29.5. The number of rotatable bonds is 7. The molecule has 5 rings (SSSR count). The van der Waals surface area contributed by atoms with Gasteiger partial charge in [0.25, 0.3) is 5.56 Å². The smallest absolute Gasteiger partial charge is 0.344 e. The second-order valence-corrected chi connectivity index (χ2v) is 9.94. The molecule has 2 heterocycles. The third-order valence-electron chi connectivity index (χ3n) is 7.29. The lowest BCUT2D eigenvalue weighted by atomic mass is 9.88. The summed E-state index contributed by atoms with van der Waals surface area (Å²) in [7, 11) is 0. The fourth-order valence-electron chi connectivity index (χ4n) is 5.24. The molecule has 2 aromatic heterocycles. The molecule has 4 aromatic rings. The van der Waals surface area contributed by atoms with E-state index in [4.69, 9.17) is 19.9 Å². The van der Waals surface area contributed by atoms with Crippen molar-refractivity contribution < 1.29 is 14.6 Å². The maximum absolute atomic E-state index is 13.5. The molecule has 8 nitrogen and oxygen atoms in total. The van der Waals surface area contributed by atoms with Crippen LogP contribution in [-0.2, 0) is 4.79 Å². The van der Waals surface area contributed by atoms with Gasteiger partial charge in [0.15, 0.2) is 6.10 Å². The zero-order valence-electron chi connectivity index (χ0n) is 21.9. The van der Waals surface area contributed by atoms with Crippen molar-refractivity contribution in [2.45, 2.75) is 64.9 Å². The van der Waals surface area contributed by atoms with Crippen LogP contribution >= 0.6 is 0 Å². The van der Waals surface area contributed by atoms with Gasteiger partial charge in [-0.05, 0) is 76.1 Å². The van der Waals surface area contributed by atoms with Gasteiger partial charge in [-0.15, -0.1) is 0 Å². The minimum Gasteiger partial charge on any atom is -0.479 e. The lowest BCUT2D eigenvalue weighted by Crippen LogP contribution is -2.25. The molecule has 8 heteroatoms. The summed E-state index contributed by atoms with van der Waals surface area (Å²) in [6, 6.07) is 16.8. The Labute approximate surface area is 221 Å². The van der Waals surface area contributed by atoms with Crippen LogP contribution in [0.25, 0.3) is 16.6 Å². The lowest BCUT2D eigenvalue weighted by molar-refractivity contribution is -0.144. The van der Waals surface area contributed by atoms with Gasteiger partial charge in [0.05, 0.1) is 17.1 Å². The number of para-hydroxylation sites is 1. The topological polar surface area (TPSA) is 98.7 Å². The van der Waals surface area contributed by atoms with Crippen molar-refractivity contribution in [3.8, 4) is 11.4 Å². The molecule has 0 aliphatic heterocycles. The quantitative estimate of drug-likeness (QED) is 0.326. The van der Waals surface area contributed by atoms with Crippen molar-refractivity contribution >= 4 is 23.1 Å². The van der Waals surface area contributed by atoms with E-state index in [0.717, 1.165) is 54.1 Å². The number of fused-ring (bicyclic) bond motifs is 1. The molecule has 2 aromatic carbocycles. The second-order valence-electron chi connectivity index (χ2n) is 9.94. The van der Waals surface area contributed by atoms with Crippen LogP contribution in [0.15, 0.2) is 64.5 Å². The van der Waals surface area contributed by atoms with Crippen LogP contribution in [0.5, 0.6) is 5.75 Å². The van der Waals surface area contributed by atoms with Gasteiger partial charge in [-0.1, -0.05) is 31.4 Å². The van der Waals surface area contributed by atoms with E-state index < -0.39 is 12.1 Å². The number of aromatic nitrogens is 3. The zero-order chi connectivity index (χ0) is 26.8. The highest BCUT2D eigenvalue weighted by Gasteiger charge is 2.22. The molecule has 0 unspecified atom stereocenters. The Kier molecular flexibility index (Phi) is 7.13. The number of carboxylic acids is 1. The summed E-state index contributed by atoms with van der Waals surface area (Å²) in [6.45, 7) is 5.52. The van der Waals surface area contributed by atoms with Crippen molar-refractivity contribution in [2.24, 2.45) is 5.10 Å². The summed E-state index contributed by atoms with van der Waals surface area (Å²) in [5.41, 5.74) is 4.37. The Morgan fingerprint density at radius 1 is 1.11 bits per heavy atom. The molecular formula is C30H32N4O4. The first kappa shape index (κ1) is 25.4. The van der Waals surface area contributed by atoms with Crippen LogP contribution in [0.2, 0.25) is 0 Å². The fraction of sp³-hybridized carbons (Fsp3) is 0.333. The molecule has 1 atom stereocenters. The fourth-order valence-corrected chi connectivity index (χ4v) is 5.24. The molecule has 1 aliphatic rings. The van der Waals surface area contributed by atoms with E-state index in [9.17, 15) is 9.59 Å². The Bertz CT molecular complexity index is 1560. The van der Waals surface area contributed by atoms with Crippen LogP contribution in [-0.4, -0.2) is 37.6 Å². The highest BCUT2D eigenvalue weighted by atomic mass is 16.5. The average molecular weight is 513 g/mol. The Morgan fingerprint density at radius 3 is 2.53 bits per heavy atom. The van der Waals surface area contributed by atoms with Crippen LogP contribution < -0.4 is 10.3 Å². The second kappa shape index (κ2) is 10.7. The van der Waals surface area contributed by atoms with Crippen molar-refractivity contribution in [2.75, 3.05) is 0 Å². The predicted molar refractivity (Wildman–Crippen MR) is 148 cm³/mol. The van der Waals surface area contributed by atoms with E-state index in [2.05, 4.69) is 4.57 Å². The van der Waals surface area contributed by atoms with E-state index in [-0.39, 0.29) is 11.5 Å². The molecule has 0 radical (unpaired) electrons. The minimum atomic E-state index is -1.01. The SMILES string of the molecule is Cc1cc(C=Nn2c(C3CCCCC3)nc3ccccc3c2=O)c(C)n1-c1ccc(O[C@H](C)C(=O)O)cc1. The van der Waals surface area contributed by atoms with Gasteiger partial charge in [0, 0.05) is 28.6 Å². The summed E-state index contributed by atoms with van der Waals surface area (Å²) in [5, 5.41) is 14.3. The van der Waals surface area contributed by atoms with Gasteiger partial charge in [0.1, 0.15) is 11.6 Å². The molecule has 0 saturated heterocycles. The van der Waals surface area contributed by atoms with Gasteiger partial charge in [-0.25, -0.2) is 9.78 Å². The largest absolute Gasteiger partial charge is 0.479 e. The van der Waals surface area contributed by atoms with Gasteiger partial charge in [-0.3, -0.25) is 4.79 Å². The molecule has 1 fully saturated rings. The number of aryl methyl sites for hydroxylation is 1. The molecule has 0 spiro atoms. The Hall–Kier alpha value is -4.20. The number of nitrogens with zero attached hydrogens (tertiary/aromatic N) is 4. The first-order chi connectivity index (χ1) is 18.3. The van der Waals surface area contributed by atoms with Crippen molar-refractivity contribution in [1.82, 2.24) is 14.2 Å². The van der Waals surface area contributed by atoms with E-state index in [1.54, 1.807) is 24.4 Å². The summed E-state index contributed by atoms with van der Waals surface area (Å²) < 4.78 is 9.05. The molecule has 1 saturated carbocycles. The summed E-state index contributed by atoms with van der Waals surface area (Å²) in [5.74, 6) is 0.439. The first-order valence-corrected chi connectivity index (χ1v) is 13.1. The number of hydrogen-bond acceptors (Lipinski definition) is 5. The van der Waals surface area contributed by atoms with Gasteiger partial charge in [-0.2, -0.15) is 9.78 Å². The van der Waals surface area contributed by atoms with E-state index >= 15 is 0 Å². The van der Waals surface area contributed by atoms with E-state index in [1.165, 1.54) is 18.0 Å². The molecule has 196 valence electrons. The highest BCUT2D eigenvalue weighted by molar-refractivity contribution is 5.82. The molecule has 38 heavy (non-hydrogen) atoms. The number of carboxylic acid groups (broad SMARTS) is 1. The number of ether oxygens (including phenoxy) is 1. The van der Waals surface area contributed by atoms with Gasteiger partial charge in [0.2, 0.25) is 0 Å². The lowest BCUT2D eigenvalue weighted by Gasteiger charge is -2.22. The monoisotopic (exact) mass is 512 g/mol. The Morgan fingerprint density at radius 2 is 1.82 bits per heavy atom. The highest BCUT2D eigenvalue weighted by Crippen LogP contribution is 2.32. The number of benzene rings is 2. The van der Waals surface area contributed by atoms with E-state index in [1.807, 2.05) is 50.2 Å². The third-order valence-corrected chi connectivity index (χ3v) is 7.29. The molecule has 1 aliphatic carbocycles. The van der Waals surface area contributed by atoms with E-state index in [0.29, 0.717) is 16.7 Å². The molecule has 0 bridgehead atoms. The summed E-state index contributed by atoms with van der Waals surface area (Å²) >= 11 is 0. The molecule has 0 amide bonds. The maximum atomic E-state index is 13.5. The normalized spacial score (nSPS) is 15.2. The average Bonchev–Trinajstić information content (AvgIpc) is 3.21. The standard InChI is InChI=1S/C30H32N4O4/c1-19-17-23(20(2)33(19)24-13-15-25(16-14-24)38-21(3)30(36)37)18-31-34-28(22-9-5-4-6-10-22)32-27-12-8-7-11-26(27)29(34)35/h7-8,11-18,21-22H,4-6,9-10H2,1-3H3,(H,36,37)/t21-/m1/s1. The Balaban J connectivity index is 1.49. The third kappa shape index (κ3) is 4.98.